The molecule has 0 unspecified atom stereocenters. The molecule has 80 valence electrons. The van der Waals surface area contributed by atoms with E-state index in [4.69, 9.17) is 0 Å². The van der Waals surface area contributed by atoms with Crippen molar-refractivity contribution in [2.24, 2.45) is 0 Å². The minimum atomic E-state index is 0.846. The van der Waals surface area contributed by atoms with E-state index in [2.05, 4.69) is 38.6 Å². The number of benzene rings is 1. The van der Waals surface area contributed by atoms with Gasteiger partial charge in [-0.15, -0.1) is 0 Å². The lowest BCUT2D eigenvalue weighted by Gasteiger charge is -2.28. The van der Waals surface area contributed by atoms with Gasteiger partial charge in [0.05, 0.1) is 0 Å². The van der Waals surface area contributed by atoms with Crippen LogP contribution < -0.4 is 0 Å². The molecule has 0 spiro atoms. The molecule has 0 aliphatic heterocycles. The standard InChI is InChI=1S/C15H20/c1-4-12-10-14(11(2)3)8-9-15(12)13-6-5-7-13/h8-10,13H,2,4-7H2,1,3H3. The summed E-state index contributed by atoms with van der Waals surface area (Å²) in [6.07, 6.45) is 5.34. The Hall–Kier alpha value is -1.04. The smallest absolute Gasteiger partial charge is 0.0159 e. The van der Waals surface area contributed by atoms with Crippen molar-refractivity contribution in [2.45, 2.75) is 45.4 Å². The van der Waals surface area contributed by atoms with Crippen LogP contribution in [0.25, 0.3) is 5.57 Å². The van der Waals surface area contributed by atoms with Gasteiger partial charge in [0.1, 0.15) is 0 Å². The van der Waals surface area contributed by atoms with E-state index < -0.39 is 0 Å². The third-order valence-corrected chi connectivity index (χ3v) is 3.56. The van der Waals surface area contributed by atoms with Crippen molar-refractivity contribution in [3.05, 3.63) is 41.5 Å². The molecule has 1 aromatic carbocycles. The van der Waals surface area contributed by atoms with Crippen LogP contribution in [0.15, 0.2) is 24.8 Å². The average Bonchev–Trinajstić information content (AvgIpc) is 2.15. The van der Waals surface area contributed by atoms with Crippen molar-refractivity contribution in [3.63, 3.8) is 0 Å². The lowest BCUT2D eigenvalue weighted by Crippen LogP contribution is -2.11. The molecule has 1 aliphatic carbocycles. The SMILES string of the molecule is C=C(C)c1ccc(C2CCC2)c(CC)c1. The molecule has 0 heterocycles. The van der Waals surface area contributed by atoms with E-state index in [1.165, 1.54) is 36.0 Å². The van der Waals surface area contributed by atoms with Gasteiger partial charge in [0.25, 0.3) is 0 Å². The van der Waals surface area contributed by atoms with Gasteiger partial charge in [-0.05, 0) is 48.8 Å². The molecule has 0 N–H and O–H groups in total. The van der Waals surface area contributed by atoms with Crippen molar-refractivity contribution in [2.75, 3.05) is 0 Å². The zero-order chi connectivity index (χ0) is 10.8. The Balaban J connectivity index is 2.34. The van der Waals surface area contributed by atoms with E-state index in [1.807, 2.05) is 0 Å². The Morgan fingerprint density at radius 3 is 2.60 bits per heavy atom. The Morgan fingerprint density at radius 1 is 1.40 bits per heavy atom. The summed E-state index contributed by atoms with van der Waals surface area (Å²) in [5, 5.41) is 0. The van der Waals surface area contributed by atoms with E-state index in [1.54, 1.807) is 5.56 Å². The highest BCUT2D eigenvalue weighted by molar-refractivity contribution is 5.62. The molecule has 1 aliphatic rings. The van der Waals surface area contributed by atoms with Crippen LogP contribution in [-0.4, -0.2) is 0 Å². The minimum absolute atomic E-state index is 0.846. The molecule has 0 atom stereocenters. The molecule has 15 heavy (non-hydrogen) atoms. The van der Waals surface area contributed by atoms with E-state index in [0.29, 0.717) is 0 Å². The monoisotopic (exact) mass is 200 g/mol. The summed E-state index contributed by atoms with van der Waals surface area (Å²) in [7, 11) is 0. The van der Waals surface area contributed by atoms with Crippen LogP contribution in [0.3, 0.4) is 0 Å². The number of aryl methyl sites for hydroxylation is 1. The zero-order valence-electron chi connectivity index (χ0n) is 9.84. The van der Waals surface area contributed by atoms with Crippen LogP contribution in [0.1, 0.15) is 55.7 Å². The lowest BCUT2D eigenvalue weighted by atomic mass is 9.77. The maximum absolute atomic E-state index is 4.01. The van der Waals surface area contributed by atoms with E-state index in [0.717, 1.165) is 12.3 Å². The summed E-state index contributed by atoms with van der Waals surface area (Å²) in [5.74, 6) is 0.846. The normalized spacial score (nSPS) is 16.1. The van der Waals surface area contributed by atoms with Crippen molar-refractivity contribution in [3.8, 4) is 0 Å². The van der Waals surface area contributed by atoms with Crippen LogP contribution in [-0.2, 0) is 6.42 Å². The van der Waals surface area contributed by atoms with Crippen molar-refractivity contribution >= 4 is 5.57 Å². The molecule has 0 bridgehead atoms. The van der Waals surface area contributed by atoms with Gasteiger partial charge in [-0.25, -0.2) is 0 Å². The number of rotatable bonds is 3. The van der Waals surface area contributed by atoms with Gasteiger partial charge >= 0.3 is 0 Å². The molecular weight excluding hydrogens is 180 g/mol. The second kappa shape index (κ2) is 4.22. The number of hydrogen-bond donors (Lipinski definition) is 0. The van der Waals surface area contributed by atoms with Crippen LogP contribution in [0.5, 0.6) is 0 Å². The Morgan fingerprint density at radius 2 is 2.13 bits per heavy atom. The third kappa shape index (κ3) is 1.99. The fourth-order valence-electron chi connectivity index (χ4n) is 2.29. The van der Waals surface area contributed by atoms with Gasteiger partial charge in [0.2, 0.25) is 0 Å². The zero-order valence-corrected chi connectivity index (χ0v) is 9.84. The molecule has 0 aromatic heterocycles. The quantitative estimate of drug-likeness (QED) is 0.671. The first-order valence-electron chi connectivity index (χ1n) is 6.01. The van der Waals surface area contributed by atoms with Gasteiger partial charge in [-0.2, -0.15) is 0 Å². The maximum Gasteiger partial charge on any atom is -0.0159 e. The first kappa shape index (κ1) is 10.5. The fraction of sp³-hybridized carbons (Fsp3) is 0.467. The van der Waals surface area contributed by atoms with Gasteiger partial charge in [0.15, 0.2) is 0 Å². The minimum Gasteiger partial charge on any atom is -0.0955 e. The van der Waals surface area contributed by atoms with E-state index >= 15 is 0 Å². The van der Waals surface area contributed by atoms with Crippen molar-refractivity contribution in [1.82, 2.24) is 0 Å². The Bertz CT molecular complexity index is 370. The molecule has 0 amide bonds. The summed E-state index contributed by atoms with van der Waals surface area (Å²) in [5.41, 5.74) is 5.59. The molecular formula is C15H20. The van der Waals surface area contributed by atoms with Crippen LogP contribution in [0, 0.1) is 0 Å². The van der Waals surface area contributed by atoms with Crippen molar-refractivity contribution in [1.29, 1.82) is 0 Å². The van der Waals surface area contributed by atoms with Gasteiger partial charge < -0.3 is 0 Å². The fourth-order valence-corrected chi connectivity index (χ4v) is 2.29. The maximum atomic E-state index is 4.01. The highest BCUT2D eigenvalue weighted by Gasteiger charge is 2.21. The highest BCUT2D eigenvalue weighted by Crippen LogP contribution is 2.38. The molecule has 0 nitrogen and oxygen atoms in total. The second-order valence-corrected chi connectivity index (χ2v) is 4.68. The molecule has 2 rings (SSSR count). The summed E-state index contributed by atoms with van der Waals surface area (Å²) in [6, 6.07) is 6.89. The molecule has 1 fully saturated rings. The lowest BCUT2D eigenvalue weighted by molar-refractivity contribution is 0.417. The highest BCUT2D eigenvalue weighted by atomic mass is 14.3. The largest absolute Gasteiger partial charge is 0.0955 e. The molecule has 0 saturated heterocycles. The first-order chi connectivity index (χ1) is 7.22. The second-order valence-electron chi connectivity index (χ2n) is 4.68. The Kier molecular flexibility index (Phi) is 2.95. The predicted octanol–water partition coefficient (Wildman–Crippen LogP) is 4.55. The molecule has 0 heteroatoms. The Labute approximate surface area is 93.0 Å². The summed E-state index contributed by atoms with van der Waals surface area (Å²) in [4.78, 5) is 0. The molecule has 0 radical (unpaired) electrons. The number of hydrogen-bond acceptors (Lipinski definition) is 0. The molecule has 1 saturated carbocycles. The number of allylic oxidation sites excluding steroid dienone is 1. The molecule has 1 aromatic rings. The average molecular weight is 200 g/mol. The summed E-state index contributed by atoms with van der Waals surface area (Å²) in [6.45, 7) is 8.34. The van der Waals surface area contributed by atoms with E-state index in [-0.39, 0.29) is 0 Å². The van der Waals surface area contributed by atoms with Crippen LogP contribution in [0.4, 0.5) is 0 Å². The van der Waals surface area contributed by atoms with Crippen LogP contribution in [0.2, 0.25) is 0 Å². The summed E-state index contributed by atoms with van der Waals surface area (Å²) < 4.78 is 0. The van der Waals surface area contributed by atoms with Crippen LogP contribution >= 0.6 is 0 Å². The third-order valence-electron chi connectivity index (χ3n) is 3.56. The van der Waals surface area contributed by atoms with Gasteiger partial charge in [-0.1, -0.05) is 43.7 Å². The van der Waals surface area contributed by atoms with Gasteiger partial charge in [-0.3, -0.25) is 0 Å². The van der Waals surface area contributed by atoms with Crippen molar-refractivity contribution < 1.29 is 0 Å². The predicted molar refractivity (Wildman–Crippen MR) is 67.1 cm³/mol. The summed E-state index contributed by atoms with van der Waals surface area (Å²) >= 11 is 0. The van der Waals surface area contributed by atoms with Gasteiger partial charge in [0, 0.05) is 0 Å². The first-order valence-corrected chi connectivity index (χ1v) is 6.01. The topological polar surface area (TPSA) is 0 Å². The van der Waals surface area contributed by atoms with E-state index in [9.17, 15) is 0 Å².